The molecule has 0 unspecified atom stereocenters. The fraction of sp³-hybridized carbons (Fsp3) is 0.476. The quantitative estimate of drug-likeness (QED) is 0.770. The molecule has 8 heteroatoms. The van der Waals surface area contributed by atoms with Crippen molar-refractivity contribution in [1.29, 1.82) is 0 Å². The molecule has 1 aromatic heterocycles. The summed E-state index contributed by atoms with van der Waals surface area (Å²) in [6.45, 7) is 4.30. The first-order chi connectivity index (χ1) is 14.0. The minimum absolute atomic E-state index is 0.00982. The molecule has 0 N–H and O–H groups in total. The predicted molar refractivity (Wildman–Crippen MR) is 104 cm³/mol. The van der Waals surface area contributed by atoms with E-state index in [9.17, 15) is 14.0 Å². The summed E-state index contributed by atoms with van der Waals surface area (Å²) in [5, 5.41) is 4.19. The highest BCUT2D eigenvalue weighted by Crippen LogP contribution is 2.45. The molecular formula is C21H25FN4O3. The van der Waals surface area contributed by atoms with Crippen LogP contribution in [0.3, 0.4) is 0 Å². The van der Waals surface area contributed by atoms with E-state index >= 15 is 0 Å². The summed E-state index contributed by atoms with van der Waals surface area (Å²) in [4.78, 5) is 29.2. The molecule has 2 saturated heterocycles. The molecule has 3 heterocycles. The first-order valence-electron chi connectivity index (χ1n) is 9.87. The van der Waals surface area contributed by atoms with Crippen LogP contribution in [0.1, 0.15) is 28.9 Å². The summed E-state index contributed by atoms with van der Waals surface area (Å²) in [5.74, 6) is -0.287. The molecule has 7 nitrogen and oxygen atoms in total. The van der Waals surface area contributed by atoms with E-state index in [-0.39, 0.29) is 42.1 Å². The zero-order chi connectivity index (χ0) is 20.5. The number of aromatic nitrogens is 2. The van der Waals surface area contributed by atoms with Gasteiger partial charge in [-0.05, 0) is 24.6 Å². The number of hydrogen-bond donors (Lipinski definition) is 0. The molecule has 0 bridgehead atoms. The van der Waals surface area contributed by atoms with Crippen LogP contribution in [0.15, 0.2) is 36.7 Å². The first kappa shape index (κ1) is 19.6. The Morgan fingerprint density at radius 1 is 1.28 bits per heavy atom. The number of rotatable bonds is 5. The number of likely N-dealkylation sites (tertiary alicyclic amines) is 2. The molecule has 2 fully saturated rings. The van der Waals surface area contributed by atoms with Gasteiger partial charge in [-0.2, -0.15) is 5.10 Å². The van der Waals surface area contributed by atoms with E-state index in [1.54, 1.807) is 28.0 Å². The third kappa shape index (κ3) is 3.64. The molecule has 3 atom stereocenters. The molecule has 29 heavy (non-hydrogen) atoms. The Kier molecular flexibility index (Phi) is 5.36. The summed E-state index contributed by atoms with van der Waals surface area (Å²) in [7, 11) is 1.49. The van der Waals surface area contributed by atoms with Crippen molar-refractivity contribution in [2.45, 2.75) is 19.5 Å². The van der Waals surface area contributed by atoms with Crippen molar-refractivity contribution < 1.29 is 18.7 Å². The monoisotopic (exact) mass is 400 g/mol. The number of carbonyl (C=O) groups excluding carboxylic acids is 2. The second kappa shape index (κ2) is 7.94. The van der Waals surface area contributed by atoms with Gasteiger partial charge in [0, 0.05) is 51.3 Å². The lowest BCUT2D eigenvalue weighted by atomic mass is 9.89. The number of ether oxygens (including phenoxy) is 1. The van der Waals surface area contributed by atoms with Gasteiger partial charge < -0.3 is 14.5 Å². The number of nitrogens with zero attached hydrogens (tertiary/aromatic N) is 4. The van der Waals surface area contributed by atoms with Gasteiger partial charge in [-0.15, -0.1) is 0 Å². The number of carbonyl (C=O) groups is 2. The van der Waals surface area contributed by atoms with Gasteiger partial charge >= 0.3 is 0 Å². The van der Waals surface area contributed by atoms with E-state index in [0.717, 1.165) is 5.56 Å². The van der Waals surface area contributed by atoms with Crippen molar-refractivity contribution in [3.63, 3.8) is 0 Å². The van der Waals surface area contributed by atoms with Crippen LogP contribution in [0.25, 0.3) is 0 Å². The summed E-state index contributed by atoms with van der Waals surface area (Å²) < 4.78 is 20.7. The van der Waals surface area contributed by atoms with Crippen LogP contribution in [0.4, 0.5) is 4.39 Å². The highest BCUT2D eigenvalue weighted by Gasteiger charge is 2.50. The standard InChI is InChI=1S/C21H25FN4O3/c1-3-25-10-15(8-23-25)21(28)24-9-16-11-26(19(27)13-29-2)20(18(16)12-24)14-5-4-6-17(22)7-14/h4-8,10,16,18,20H,3,9,11-13H2,1-2H3/t16-,18-,20+/m1/s1. The van der Waals surface area contributed by atoms with Gasteiger partial charge in [0.15, 0.2) is 0 Å². The van der Waals surface area contributed by atoms with Crippen molar-refractivity contribution >= 4 is 11.8 Å². The maximum atomic E-state index is 13.9. The van der Waals surface area contributed by atoms with Gasteiger partial charge in [0.2, 0.25) is 5.91 Å². The van der Waals surface area contributed by atoms with Crippen molar-refractivity contribution in [2.24, 2.45) is 11.8 Å². The summed E-state index contributed by atoms with van der Waals surface area (Å²) in [6.07, 6.45) is 3.35. The number of halogens is 1. The van der Waals surface area contributed by atoms with Crippen molar-refractivity contribution in [1.82, 2.24) is 19.6 Å². The maximum absolute atomic E-state index is 13.9. The Hall–Kier alpha value is -2.74. The maximum Gasteiger partial charge on any atom is 0.257 e. The van der Waals surface area contributed by atoms with Crippen LogP contribution in [0, 0.1) is 17.7 Å². The largest absolute Gasteiger partial charge is 0.375 e. The molecular weight excluding hydrogens is 375 g/mol. The second-order valence-corrected chi connectivity index (χ2v) is 7.70. The molecule has 2 aliphatic heterocycles. The zero-order valence-corrected chi connectivity index (χ0v) is 16.6. The minimum Gasteiger partial charge on any atom is -0.375 e. The number of hydrogen-bond acceptors (Lipinski definition) is 4. The van der Waals surface area contributed by atoms with Crippen LogP contribution in [-0.2, 0) is 16.1 Å². The zero-order valence-electron chi connectivity index (χ0n) is 16.6. The SMILES string of the molecule is CCn1cc(C(=O)N2C[C@@H]3CN(C(=O)COC)[C@@H](c4cccc(F)c4)[C@@H]3C2)cn1. The average molecular weight is 400 g/mol. The second-order valence-electron chi connectivity index (χ2n) is 7.70. The van der Waals surface area contributed by atoms with Gasteiger partial charge in [0.25, 0.3) is 5.91 Å². The third-order valence-corrected chi connectivity index (χ3v) is 5.93. The van der Waals surface area contributed by atoms with E-state index < -0.39 is 0 Å². The molecule has 0 radical (unpaired) electrons. The molecule has 2 amide bonds. The van der Waals surface area contributed by atoms with E-state index in [0.29, 0.717) is 31.7 Å². The first-order valence-corrected chi connectivity index (χ1v) is 9.87. The number of benzene rings is 1. The van der Waals surface area contributed by atoms with E-state index in [1.807, 2.05) is 17.9 Å². The molecule has 0 spiro atoms. The van der Waals surface area contributed by atoms with E-state index in [4.69, 9.17) is 4.74 Å². The smallest absolute Gasteiger partial charge is 0.257 e. The third-order valence-electron chi connectivity index (χ3n) is 5.93. The lowest BCUT2D eigenvalue weighted by molar-refractivity contribution is -0.136. The van der Waals surface area contributed by atoms with Crippen LogP contribution in [-0.4, -0.2) is 64.7 Å². The van der Waals surface area contributed by atoms with Gasteiger partial charge in [-0.3, -0.25) is 14.3 Å². The topological polar surface area (TPSA) is 67.7 Å². The number of fused-ring (bicyclic) bond motifs is 1. The van der Waals surface area contributed by atoms with Crippen LogP contribution in [0.2, 0.25) is 0 Å². The number of methoxy groups -OCH3 is 1. The Morgan fingerprint density at radius 2 is 2.10 bits per heavy atom. The molecule has 154 valence electrons. The fourth-order valence-corrected chi connectivity index (χ4v) is 4.62. The highest BCUT2D eigenvalue weighted by atomic mass is 19.1. The van der Waals surface area contributed by atoms with Crippen molar-refractivity contribution in [2.75, 3.05) is 33.4 Å². The molecule has 2 aliphatic rings. The van der Waals surface area contributed by atoms with E-state index in [2.05, 4.69) is 5.10 Å². The molecule has 2 aromatic rings. The van der Waals surface area contributed by atoms with Crippen molar-refractivity contribution in [3.05, 3.63) is 53.6 Å². The summed E-state index contributed by atoms with van der Waals surface area (Å²) in [6, 6.07) is 6.12. The number of aryl methyl sites for hydroxylation is 1. The number of amides is 2. The minimum atomic E-state index is -0.331. The van der Waals surface area contributed by atoms with E-state index in [1.165, 1.54) is 19.2 Å². The lowest BCUT2D eigenvalue weighted by Gasteiger charge is -2.30. The van der Waals surface area contributed by atoms with Crippen molar-refractivity contribution in [3.8, 4) is 0 Å². The van der Waals surface area contributed by atoms with Gasteiger partial charge in [0.1, 0.15) is 12.4 Å². The van der Waals surface area contributed by atoms with Gasteiger partial charge in [0.05, 0.1) is 17.8 Å². The van der Waals surface area contributed by atoms with Gasteiger partial charge in [-0.1, -0.05) is 12.1 Å². The Bertz CT molecular complexity index is 915. The van der Waals surface area contributed by atoms with Crippen LogP contribution in [0.5, 0.6) is 0 Å². The normalized spacial score (nSPS) is 23.5. The molecule has 1 aromatic carbocycles. The highest BCUT2D eigenvalue weighted by molar-refractivity contribution is 5.94. The van der Waals surface area contributed by atoms with Crippen LogP contribution >= 0.6 is 0 Å². The van der Waals surface area contributed by atoms with Gasteiger partial charge in [-0.25, -0.2) is 4.39 Å². The summed E-state index contributed by atoms with van der Waals surface area (Å²) >= 11 is 0. The average Bonchev–Trinajstić information content (AvgIpc) is 3.41. The lowest BCUT2D eigenvalue weighted by Crippen LogP contribution is -2.38. The summed E-state index contributed by atoms with van der Waals surface area (Å²) in [5.41, 5.74) is 1.33. The Morgan fingerprint density at radius 3 is 2.79 bits per heavy atom. The molecule has 0 saturated carbocycles. The fourth-order valence-electron chi connectivity index (χ4n) is 4.62. The molecule has 4 rings (SSSR count). The molecule has 0 aliphatic carbocycles. The predicted octanol–water partition coefficient (Wildman–Crippen LogP) is 1.96. The van der Waals surface area contributed by atoms with Crippen LogP contribution < -0.4 is 0 Å². The Labute approximate surface area is 169 Å². The Balaban J connectivity index is 1.58.